The number of hydrogen-bond acceptors (Lipinski definition) is 2. The third-order valence-electron chi connectivity index (χ3n) is 3.94. The van der Waals surface area contributed by atoms with E-state index in [1.54, 1.807) is 13.0 Å². The first kappa shape index (κ1) is 14.5. The van der Waals surface area contributed by atoms with Crippen LogP contribution in [0.15, 0.2) is 23.8 Å². The molecule has 1 rings (SSSR count). The Kier molecular flexibility index (Phi) is 4.21. The van der Waals surface area contributed by atoms with Crippen molar-refractivity contribution in [2.45, 2.75) is 65.1 Å². The summed E-state index contributed by atoms with van der Waals surface area (Å²) in [7, 11) is 0. The lowest BCUT2D eigenvalue weighted by Gasteiger charge is -2.38. The van der Waals surface area contributed by atoms with Gasteiger partial charge in [-0.05, 0) is 44.9 Å². The molecule has 0 saturated heterocycles. The normalized spacial score (nSPS) is 27.8. The maximum absolute atomic E-state index is 9.97. The molecular formula is C15H26O2. The summed E-state index contributed by atoms with van der Waals surface area (Å²) < 4.78 is 0. The van der Waals surface area contributed by atoms with Crippen LogP contribution in [0.5, 0.6) is 0 Å². The molecule has 2 atom stereocenters. The van der Waals surface area contributed by atoms with E-state index in [9.17, 15) is 10.2 Å². The molecule has 1 aliphatic rings. The fourth-order valence-corrected chi connectivity index (χ4v) is 2.87. The maximum atomic E-state index is 9.97. The van der Waals surface area contributed by atoms with Crippen molar-refractivity contribution in [3.63, 3.8) is 0 Å². The highest BCUT2D eigenvalue weighted by Crippen LogP contribution is 2.43. The highest BCUT2D eigenvalue weighted by molar-refractivity contribution is 5.24. The van der Waals surface area contributed by atoms with Crippen LogP contribution in [0.4, 0.5) is 0 Å². The van der Waals surface area contributed by atoms with Crippen molar-refractivity contribution in [2.75, 3.05) is 0 Å². The average Bonchev–Trinajstić information content (AvgIpc) is 2.14. The zero-order valence-corrected chi connectivity index (χ0v) is 11.6. The van der Waals surface area contributed by atoms with E-state index in [2.05, 4.69) is 27.4 Å². The Hall–Kier alpha value is -0.600. The van der Waals surface area contributed by atoms with Crippen molar-refractivity contribution >= 4 is 0 Å². The quantitative estimate of drug-likeness (QED) is 0.738. The highest BCUT2D eigenvalue weighted by Gasteiger charge is 2.33. The van der Waals surface area contributed by atoms with E-state index in [0.717, 1.165) is 19.3 Å². The molecule has 0 bridgehead atoms. The van der Waals surface area contributed by atoms with Gasteiger partial charge in [0.1, 0.15) is 0 Å². The number of aliphatic hydroxyl groups is 2. The molecule has 2 N–H and O–H groups in total. The van der Waals surface area contributed by atoms with Crippen LogP contribution in [-0.4, -0.2) is 21.9 Å². The predicted molar refractivity (Wildman–Crippen MR) is 71.8 cm³/mol. The van der Waals surface area contributed by atoms with Crippen LogP contribution < -0.4 is 0 Å². The molecule has 2 nitrogen and oxygen atoms in total. The number of allylic oxidation sites excluding steroid dienone is 1. The lowest BCUT2D eigenvalue weighted by molar-refractivity contribution is 0.0921. The molecule has 0 aromatic heterocycles. The van der Waals surface area contributed by atoms with Crippen LogP contribution >= 0.6 is 0 Å². The summed E-state index contributed by atoms with van der Waals surface area (Å²) in [5.41, 5.74) is 1.93. The number of hydrogen-bond donors (Lipinski definition) is 2. The first-order valence-electron chi connectivity index (χ1n) is 6.41. The minimum Gasteiger partial charge on any atom is -0.393 e. The summed E-state index contributed by atoms with van der Waals surface area (Å²) in [6, 6.07) is 0. The Labute approximate surface area is 105 Å². The van der Waals surface area contributed by atoms with Gasteiger partial charge in [0.2, 0.25) is 0 Å². The van der Waals surface area contributed by atoms with Crippen molar-refractivity contribution in [3.8, 4) is 0 Å². The van der Waals surface area contributed by atoms with Gasteiger partial charge >= 0.3 is 0 Å². The lowest BCUT2D eigenvalue weighted by Crippen LogP contribution is -2.30. The zero-order valence-electron chi connectivity index (χ0n) is 11.6. The Morgan fingerprint density at radius 1 is 1.53 bits per heavy atom. The first-order valence-corrected chi connectivity index (χ1v) is 6.41. The van der Waals surface area contributed by atoms with Crippen LogP contribution in [0.1, 0.15) is 53.4 Å². The van der Waals surface area contributed by atoms with E-state index >= 15 is 0 Å². The molecule has 0 heterocycles. The summed E-state index contributed by atoms with van der Waals surface area (Å²) in [5.74, 6) is 0. The molecule has 0 amide bonds. The van der Waals surface area contributed by atoms with Gasteiger partial charge in [-0.2, -0.15) is 0 Å². The molecule has 0 aromatic rings. The van der Waals surface area contributed by atoms with Crippen molar-refractivity contribution in [2.24, 2.45) is 5.41 Å². The molecule has 98 valence electrons. The molecule has 0 spiro atoms. The van der Waals surface area contributed by atoms with Gasteiger partial charge in [-0.3, -0.25) is 0 Å². The molecule has 0 aromatic carbocycles. The van der Waals surface area contributed by atoms with Crippen molar-refractivity contribution < 1.29 is 10.2 Å². The Morgan fingerprint density at radius 2 is 2.12 bits per heavy atom. The van der Waals surface area contributed by atoms with Gasteiger partial charge in [0, 0.05) is 0 Å². The van der Waals surface area contributed by atoms with Gasteiger partial charge in [0.15, 0.2) is 0 Å². The topological polar surface area (TPSA) is 40.5 Å². The second kappa shape index (κ2) is 4.95. The van der Waals surface area contributed by atoms with Gasteiger partial charge in [-0.15, -0.1) is 6.58 Å². The standard InChI is InChI=1S/C15H26O2/c1-6-15(5,17)8-7-13-11(2)9-12(16)10-14(13,3)4/h6,12,16-17H,1,7-10H2,2-5H3/t12?,15-/m0/s1. The average molecular weight is 238 g/mol. The van der Waals surface area contributed by atoms with E-state index in [1.165, 1.54) is 11.1 Å². The fraction of sp³-hybridized carbons (Fsp3) is 0.733. The van der Waals surface area contributed by atoms with E-state index in [-0.39, 0.29) is 11.5 Å². The molecule has 1 unspecified atom stereocenters. The monoisotopic (exact) mass is 238 g/mol. The van der Waals surface area contributed by atoms with Crippen LogP contribution in [0.3, 0.4) is 0 Å². The van der Waals surface area contributed by atoms with E-state index in [4.69, 9.17) is 0 Å². The molecule has 1 aliphatic carbocycles. The molecule has 2 heteroatoms. The molecule has 17 heavy (non-hydrogen) atoms. The van der Waals surface area contributed by atoms with Crippen molar-refractivity contribution in [1.82, 2.24) is 0 Å². The van der Waals surface area contributed by atoms with Gasteiger partial charge in [0.05, 0.1) is 11.7 Å². The third-order valence-corrected chi connectivity index (χ3v) is 3.94. The molecule has 0 aliphatic heterocycles. The van der Waals surface area contributed by atoms with E-state index < -0.39 is 5.60 Å². The van der Waals surface area contributed by atoms with Crippen molar-refractivity contribution in [3.05, 3.63) is 23.8 Å². The van der Waals surface area contributed by atoms with E-state index in [0.29, 0.717) is 6.42 Å². The summed E-state index contributed by atoms with van der Waals surface area (Å²) in [4.78, 5) is 0. The number of aliphatic hydroxyl groups excluding tert-OH is 1. The SMILES string of the molecule is C=C[C@](C)(O)CCC1=C(C)CC(O)CC1(C)C. The van der Waals surface area contributed by atoms with Gasteiger partial charge in [-0.1, -0.05) is 31.1 Å². The summed E-state index contributed by atoms with van der Waals surface area (Å²) in [6.45, 7) is 11.9. The minimum absolute atomic E-state index is 0.0407. The summed E-state index contributed by atoms with van der Waals surface area (Å²) >= 11 is 0. The molecule has 0 radical (unpaired) electrons. The molecular weight excluding hydrogens is 212 g/mol. The maximum Gasteiger partial charge on any atom is 0.0800 e. The second-order valence-corrected chi connectivity index (χ2v) is 6.27. The van der Waals surface area contributed by atoms with Crippen LogP contribution in [0, 0.1) is 5.41 Å². The largest absolute Gasteiger partial charge is 0.393 e. The Morgan fingerprint density at radius 3 is 2.59 bits per heavy atom. The third kappa shape index (κ3) is 3.68. The zero-order chi connectivity index (χ0) is 13.3. The minimum atomic E-state index is -0.792. The first-order chi connectivity index (χ1) is 7.68. The Balaban J connectivity index is 2.81. The van der Waals surface area contributed by atoms with Crippen molar-refractivity contribution in [1.29, 1.82) is 0 Å². The number of rotatable bonds is 4. The smallest absolute Gasteiger partial charge is 0.0800 e. The molecule has 0 fully saturated rings. The second-order valence-electron chi connectivity index (χ2n) is 6.27. The van der Waals surface area contributed by atoms with Gasteiger partial charge in [0.25, 0.3) is 0 Å². The lowest BCUT2D eigenvalue weighted by atomic mass is 9.69. The van der Waals surface area contributed by atoms with Crippen LogP contribution in [0.2, 0.25) is 0 Å². The predicted octanol–water partition coefficient (Wildman–Crippen LogP) is 3.20. The van der Waals surface area contributed by atoms with Crippen LogP contribution in [-0.2, 0) is 0 Å². The Bertz CT molecular complexity index is 324. The summed E-state index contributed by atoms with van der Waals surface area (Å²) in [6.07, 6.45) is 4.56. The van der Waals surface area contributed by atoms with Gasteiger partial charge < -0.3 is 10.2 Å². The highest BCUT2D eigenvalue weighted by atomic mass is 16.3. The van der Waals surface area contributed by atoms with E-state index in [1.807, 2.05) is 0 Å². The fourth-order valence-electron chi connectivity index (χ4n) is 2.87. The van der Waals surface area contributed by atoms with Crippen LogP contribution in [0.25, 0.3) is 0 Å². The van der Waals surface area contributed by atoms with Gasteiger partial charge in [-0.25, -0.2) is 0 Å². The molecule has 0 saturated carbocycles. The summed E-state index contributed by atoms with van der Waals surface area (Å²) in [5, 5.41) is 19.8.